The molecule has 0 aliphatic carbocycles. The van der Waals surface area contributed by atoms with Crippen LogP contribution in [0.5, 0.6) is 0 Å². The minimum absolute atomic E-state index is 0.217. The average molecular weight is 246 g/mol. The van der Waals surface area contributed by atoms with Gasteiger partial charge < -0.3 is 0 Å². The van der Waals surface area contributed by atoms with Crippen LogP contribution in [0.2, 0.25) is 0 Å². The maximum absolute atomic E-state index is 10.6. The molecule has 0 spiro atoms. The van der Waals surface area contributed by atoms with Crippen molar-refractivity contribution in [3.05, 3.63) is 35.4 Å². The summed E-state index contributed by atoms with van der Waals surface area (Å²) in [6, 6.07) is 7.28. The minimum atomic E-state index is -0.217. The molecule has 94 valence electrons. The number of nitrogens with zero attached hydrogens (tertiary/aromatic N) is 2. The van der Waals surface area contributed by atoms with Crippen LogP contribution in [0.25, 0.3) is 0 Å². The molecule has 6 nitrogen and oxygen atoms in total. The molecule has 0 radical (unpaired) electrons. The Morgan fingerprint density at radius 2 is 1.22 bits per heavy atom. The van der Waals surface area contributed by atoms with Gasteiger partial charge in [-0.05, 0) is 11.1 Å². The fourth-order valence-corrected chi connectivity index (χ4v) is 1.06. The van der Waals surface area contributed by atoms with Crippen LogP contribution in [0.1, 0.15) is 25.0 Å². The predicted octanol–water partition coefficient (Wildman–Crippen LogP) is 0.627. The summed E-state index contributed by atoms with van der Waals surface area (Å²) in [5.41, 5.74) is 6.32. The van der Waals surface area contributed by atoms with Crippen LogP contribution >= 0.6 is 0 Å². The Labute approximate surface area is 105 Å². The molecule has 0 atom stereocenters. The molecule has 0 aliphatic rings. The standard InChI is InChI=1S/C12H14N4O2/c1-9(17)15-13-7-11-3-5-12(6-4-11)8-14-16-10(2)18/h3-8H,1-2H3,(H,15,17)(H,16,18)/b13-7-,14-8-. The molecule has 0 saturated heterocycles. The maximum atomic E-state index is 10.6. The van der Waals surface area contributed by atoms with E-state index in [1.54, 1.807) is 0 Å². The van der Waals surface area contributed by atoms with Crippen molar-refractivity contribution < 1.29 is 9.59 Å². The van der Waals surface area contributed by atoms with Gasteiger partial charge in [-0.1, -0.05) is 24.3 Å². The van der Waals surface area contributed by atoms with Crippen LogP contribution in [0.15, 0.2) is 34.5 Å². The monoisotopic (exact) mass is 246 g/mol. The number of hydrazone groups is 2. The maximum Gasteiger partial charge on any atom is 0.236 e. The van der Waals surface area contributed by atoms with E-state index >= 15 is 0 Å². The highest BCUT2D eigenvalue weighted by Gasteiger charge is 1.91. The second kappa shape index (κ2) is 6.95. The van der Waals surface area contributed by atoms with Gasteiger partial charge in [0.1, 0.15) is 0 Å². The molecular weight excluding hydrogens is 232 g/mol. The van der Waals surface area contributed by atoms with Crippen molar-refractivity contribution in [2.75, 3.05) is 0 Å². The zero-order valence-corrected chi connectivity index (χ0v) is 10.2. The van der Waals surface area contributed by atoms with Gasteiger partial charge in [0.05, 0.1) is 12.4 Å². The smallest absolute Gasteiger partial charge is 0.236 e. The molecule has 0 bridgehead atoms. The Kier molecular flexibility index (Phi) is 5.24. The van der Waals surface area contributed by atoms with Crippen molar-refractivity contribution in [1.29, 1.82) is 0 Å². The summed E-state index contributed by atoms with van der Waals surface area (Å²) >= 11 is 0. The number of benzene rings is 1. The summed E-state index contributed by atoms with van der Waals surface area (Å²) in [4.78, 5) is 21.2. The van der Waals surface area contributed by atoms with Gasteiger partial charge in [0.25, 0.3) is 0 Å². The molecule has 0 heterocycles. The Hall–Kier alpha value is -2.50. The van der Waals surface area contributed by atoms with E-state index in [0.29, 0.717) is 0 Å². The molecule has 0 aliphatic heterocycles. The number of rotatable bonds is 4. The number of carbonyl (C=O) groups excluding carboxylic acids is 2. The number of carbonyl (C=O) groups is 2. The largest absolute Gasteiger partial charge is 0.274 e. The molecule has 0 saturated carbocycles. The summed E-state index contributed by atoms with van der Waals surface area (Å²) < 4.78 is 0. The Bertz CT molecular complexity index is 432. The topological polar surface area (TPSA) is 82.9 Å². The van der Waals surface area contributed by atoms with Gasteiger partial charge >= 0.3 is 0 Å². The van der Waals surface area contributed by atoms with Crippen molar-refractivity contribution in [1.82, 2.24) is 10.9 Å². The Morgan fingerprint density at radius 1 is 0.889 bits per heavy atom. The van der Waals surface area contributed by atoms with Gasteiger partial charge in [-0.15, -0.1) is 0 Å². The molecular formula is C12H14N4O2. The summed E-state index contributed by atoms with van der Waals surface area (Å²) in [5.74, 6) is -0.435. The lowest BCUT2D eigenvalue weighted by Gasteiger charge is -1.96. The van der Waals surface area contributed by atoms with E-state index in [1.807, 2.05) is 24.3 Å². The molecule has 0 aromatic heterocycles. The van der Waals surface area contributed by atoms with Crippen LogP contribution in [0.3, 0.4) is 0 Å². The number of hydrogen-bond acceptors (Lipinski definition) is 4. The van der Waals surface area contributed by atoms with Gasteiger partial charge in [0.2, 0.25) is 11.8 Å². The number of nitrogens with one attached hydrogen (secondary N) is 2. The van der Waals surface area contributed by atoms with Crippen LogP contribution in [-0.4, -0.2) is 24.2 Å². The third kappa shape index (κ3) is 5.55. The van der Waals surface area contributed by atoms with Crippen LogP contribution < -0.4 is 10.9 Å². The minimum Gasteiger partial charge on any atom is -0.274 e. The first kappa shape index (κ1) is 13.6. The van der Waals surface area contributed by atoms with Crippen molar-refractivity contribution in [3.8, 4) is 0 Å². The first-order valence-electron chi connectivity index (χ1n) is 5.27. The molecule has 2 amide bonds. The second-order valence-electron chi connectivity index (χ2n) is 3.52. The molecule has 0 unspecified atom stereocenters. The second-order valence-corrected chi connectivity index (χ2v) is 3.52. The first-order chi connectivity index (χ1) is 8.58. The molecule has 1 aromatic carbocycles. The van der Waals surface area contributed by atoms with Gasteiger partial charge in [0, 0.05) is 13.8 Å². The van der Waals surface area contributed by atoms with E-state index in [1.165, 1.54) is 26.3 Å². The van der Waals surface area contributed by atoms with Gasteiger partial charge in [0.15, 0.2) is 0 Å². The molecule has 2 N–H and O–H groups in total. The quantitative estimate of drug-likeness (QED) is 0.603. The lowest BCUT2D eigenvalue weighted by Crippen LogP contribution is -2.12. The van der Waals surface area contributed by atoms with E-state index in [-0.39, 0.29) is 11.8 Å². The zero-order valence-electron chi connectivity index (χ0n) is 10.2. The van der Waals surface area contributed by atoms with Crippen LogP contribution in [0, 0.1) is 0 Å². The molecule has 1 aromatic rings. The number of hydrogen-bond donors (Lipinski definition) is 2. The third-order valence-electron chi connectivity index (χ3n) is 1.81. The Balaban J connectivity index is 2.57. The lowest BCUT2D eigenvalue weighted by molar-refractivity contribution is -0.119. The molecule has 6 heteroatoms. The third-order valence-corrected chi connectivity index (χ3v) is 1.81. The summed E-state index contributed by atoms with van der Waals surface area (Å²) in [6.45, 7) is 2.78. The van der Waals surface area contributed by atoms with Crippen molar-refractivity contribution in [3.63, 3.8) is 0 Å². The van der Waals surface area contributed by atoms with E-state index in [9.17, 15) is 9.59 Å². The van der Waals surface area contributed by atoms with E-state index in [4.69, 9.17) is 0 Å². The summed E-state index contributed by atoms with van der Waals surface area (Å²) in [7, 11) is 0. The van der Waals surface area contributed by atoms with Crippen molar-refractivity contribution in [2.45, 2.75) is 13.8 Å². The van der Waals surface area contributed by atoms with Crippen LogP contribution in [0.4, 0.5) is 0 Å². The van der Waals surface area contributed by atoms with Crippen molar-refractivity contribution >= 4 is 24.2 Å². The van der Waals surface area contributed by atoms with E-state index in [0.717, 1.165) is 11.1 Å². The lowest BCUT2D eigenvalue weighted by atomic mass is 10.2. The summed E-state index contributed by atoms with van der Waals surface area (Å²) in [6.07, 6.45) is 3.08. The highest BCUT2D eigenvalue weighted by molar-refractivity contribution is 5.85. The van der Waals surface area contributed by atoms with Gasteiger partial charge in [-0.2, -0.15) is 10.2 Å². The average Bonchev–Trinajstić information content (AvgIpc) is 2.30. The van der Waals surface area contributed by atoms with Gasteiger partial charge in [-0.3, -0.25) is 9.59 Å². The SMILES string of the molecule is CC(=O)N/N=C\c1ccc(/C=N\NC(C)=O)cc1. The molecule has 1 rings (SSSR count). The normalized spacial score (nSPS) is 10.8. The summed E-state index contributed by atoms with van der Waals surface area (Å²) in [5, 5.41) is 7.48. The molecule has 0 fully saturated rings. The van der Waals surface area contributed by atoms with Gasteiger partial charge in [-0.25, -0.2) is 10.9 Å². The highest BCUT2D eigenvalue weighted by Crippen LogP contribution is 1.99. The fourth-order valence-electron chi connectivity index (χ4n) is 1.06. The Morgan fingerprint density at radius 3 is 1.50 bits per heavy atom. The zero-order chi connectivity index (χ0) is 13.4. The molecule has 18 heavy (non-hydrogen) atoms. The van der Waals surface area contributed by atoms with E-state index < -0.39 is 0 Å². The highest BCUT2D eigenvalue weighted by atomic mass is 16.2. The predicted molar refractivity (Wildman–Crippen MR) is 69.3 cm³/mol. The van der Waals surface area contributed by atoms with Crippen LogP contribution in [-0.2, 0) is 9.59 Å². The first-order valence-corrected chi connectivity index (χ1v) is 5.27. The fraction of sp³-hybridized carbons (Fsp3) is 0.167. The van der Waals surface area contributed by atoms with E-state index in [2.05, 4.69) is 21.1 Å². The van der Waals surface area contributed by atoms with Crippen molar-refractivity contribution in [2.24, 2.45) is 10.2 Å². The number of amides is 2.